The van der Waals surface area contributed by atoms with Crippen LogP contribution in [0.2, 0.25) is 0 Å². The molecule has 7 heteroatoms. The van der Waals surface area contributed by atoms with Gasteiger partial charge in [0.25, 0.3) is 11.7 Å². The molecule has 2 aromatic rings. The van der Waals surface area contributed by atoms with Gasteiger partial charge >= 0.3 is 6.03 Å². The number of amides is 3. The third kappa shape index (κ3) is 3.23. The van der Waals surface area contributed by atoms with Gasteiger partial charge in [0.05, 0.1) is 6.20 Å². The number of aromatic amines is 1. The maximum atomic E-state index is 13.3. The fourth-order valence-corrected chi connectivity index (χ4v) is 4.95. The topological polar surface area (TPSA) is 71.2 Å². The molecule has 1 aliphatic carbocycles. The number of nitrogens with zero attached hydrogens (tertiary/aromatic N) is 2. The fraction of sp³-hybridized carbons (Fsp3) is 0.435. The molecular formula is C23H29N5O2+2. The number of piperazine rings is 1. The first-order chi connectivity index (χ1) is 14.5. The van der Waals surface area contributed by atoms with Crippen molar-refractivity contribution in [2.75, 3.05) is 37.7 Å². The number of anilines is 1. The van der Waals surface area contributed by atoms with Gasteiger partial charge in [-0.2, -0.15) is 0 Å². The summed E-state index contributed by atoms with van der Waals surface area (Å²) in [5.74, 6) is 0.965. The minimum atomic E-state index is -0.977. The van der Waals surface area contributed by atoms with Crippen LogP contribution in [0.25, 0.3) is 0 Å². The van der Waals surface area contributed by atoms with Gasteiger partial charge in [0, 0.05) is 6.07 Å². The third-order valence-electron chi connectivity index (χ3n) is 6.84. The number of hydrogen-bond acceptors (Lipinski definition) is 3. The number of carbonyl (C=O) groups excluding carboxylic acids is 2. The SMILES string of the molecule is C[C@@]1(c2ccc3c(c2)CCC3)NC(=O)N(C[NH+]2CCN(c3cccc[nH+]3)CC2)C1=O. The number of aryl methyl sites for hydroxylation is 2. The van der Waals surface area contributed by atoms with E-state index in [9.17, 15) is 9.59 Å². The molecule has 156 valence electrons. The van der Waals surface area contributed by atoms with Gasteiger partial charge in [-0.05, 0) is 48.9 Å². The van der Waals surface area contributed by atoms with E-state index in [1.807, 2.05) is 31.3 Å². The molecule has 3 N–H and O–H groups in total. The van der Waals surface area contributed by atoms with Crippen LogP contribution < -0.4 is 20.1 Å². The summed E-state index contributed by atoms with van der Waals surface area (Å²) in [4.78, 5) is 34.3. The number of imide groups is 1. The zero-order valence-electron chi connectivity index (χ0n) is 17.4. The van der Waals surface area contributed by atoms with Gasteiger partial charge in [0.15, 0.2) is 6.67 Å². The highest BCUT2D eigenvalue weighted by atomic mass is 16.2. The Morgan fingerprint density at radius 3 is 2.67 bits per heavy atom. The lowest BCUT2D eigenvalue weighted by atomic mass is 9.90. The first kappa shape index (κ1) is 19.1. The van der Waals surface area contributed by atoms with Gasteiger partial charge in [-0.15, -0.1) is 0 Å². The fourth-order valence-electron chi connectivity index (χ4n) is 4.95. The zero-order chi connectivity index (χ0) is 20.7. The predicted molar refractivity (Wildman–Crippen MR) is 112 cm³/mol. The van der Waals surface area contributed by atoms with Gasteiger partial charge in [-0.3, -0.25) is 9.69 Å². The van der Waals surface area contributed by atoms with E-state index in [4.69, 9.17) is 0 Å². The van der Waals surface area contributed by atoms with Crippen molar-refractivity contribution in [2.24, 2.45) is 0 Å². The number of aromatic nitrogens is 1. The molecule has 7 nitrogen and oxygen atoms in total. The average Bonchev–Trinajstić information content (AvgIpc) is 3.33. The second-order valence-corrected chi connectivity index (χ2v) is 8.77. The molecule has 2 aliphatic heterocycles. The van der Waals surface area contributed by atoms with Crippen molar-refractivity contribution in [2.45, 2.75) is 31.7 Å². The van der Waals surface area contributed by atoms with E-state index in [0.717, 1.165) is 56.8 Å². The van der Waals surface area contributed by atoms with E-state index in [1.165, 1.54) is 20.9 Å². The van der Waals surface area contributed by atoms with Crippen molar-refractivity contribution in [3.05, 3.63) is 59.3 Å². The summed E-state index contributed by atoms with van der Waals surface area (Å²) >= 11 is 0. The van der Waals surface area contributed by atoms with E-state index < -0.39 is 5.54 Å². The minimum Gasteiger partial charge on any atom is -0.319 e. The first-order valence-electron chi connectivity index (χ1n) is 10.9. The number of rotatable bonds is 4. The second kappa shape index (κ2) is 7.40. The molecule has 1 atom stereocenters. The van der Waals surface area contributed by atoms with Gasteiger partial charge in [-0.25, -0.2) is 14.7 Å². The first-order valence-corrected chi connectivity index (χ1v) is 10.9. The van der Waals surface area contributed by atoms with Crippen molar-refractivity contribution in [1.29, 1.82) is 0 Å². The molecule has 0 saturated carbocycles. The standard InChI is InChI=1S/C23H27N5O2/c1-23(19-9-8-17-5-4-6-18(17)15-19)21(29)28(22(30)25-23)16-26-11-13-27(14-12-26)20-7-2-3-10-24-20/h2-3,7-10,15H,4-6,11-14,16H2,1H3,(H,25,30)/p+2/t23-/m0/s1. The molecule has 3 amide bonds. The summed E-state index contributed by atoms with van der Waals surface area (Å²) in [6, 6.07) is 12.0. The Labute approximate surface area is 176 Å². The molecule has 5 rings (SSSR count). The number of urea groups is 1. The van der Waals surface area contributed by atoms with Crippen LogP contribution in [0, 0.1) is 0 Å². The van der Waals surface area contributed by atoms with Gasteiger partial charge < -0.3 is 10.2 Å². The van der Waals surface area contributed by atoms with Crippen LogP contribution in [0.3, 0.4) is 0 Å². The number of fused-ring (bicyclic) bond motifs is 1. The van der Waals surface area contributed by atoms with Crippen molar-refractivity contribution in [3.63, 3.8) is 0 Å². The molecule has 3 heterocycles. The summed E-state index contributed by atoms with van der Waals surface area (Å²) < 4.78 is 0. The van der Waals surface area contributed by atoms with Gasteiger partial charge in [0.2, 0.25) is 0 Å². The van der Waals surface area contributed by atoms with E-state index in [2.05, 4.69) is 33.4 Å². The largest absolute Gasteiger partial charge is 0.329 e. The van der Waals surface area contributed by atoms with E-state index in [1.54, 1.807) is 0 Å². The minimum absolute atomic E-state index is 0.142. The predicted octanol–water partition coefficient (Wildman–Crippen LogP) is 0.119. The number of nitrogens with one attached hydrogen (secondary N) is 3. The van der Waals surface area contributed by atoms with Crippen molar-refractivity contribution in [1.82, 2.24) is 10.2 Å². The summed E-state index contributed by atoms with van der Waals surface area (Å²) in [7, 11) is 0. The monoisotopic (exact) mass is 407 g/mol. The number of H-pyrrole nitrogens is 1. The van der Waals surface area contributed by atoms with E-state index >= 15 is 0 Å². The van der Waals surface area contributed by atoms with Crippen LogP contribution in [0.15, 0.2) is 42.6 Å². The van der Waals surface area contributed by atoms with E-state index in [0.29, 0.717) is 6.67 Å². The summed E-state index contributed by atoms with van der Waals surface area (Å²) in [6.07, 6.45) is 5.26. The molecule has 1 aromatic carbocycles. The van der Waals surface area contributed by atoms with Crippen LogP contribution in [0.4, 0.5) is 10.6 Å². The molecular weight excluding hydrogens is 378 g/mol. The second-order valence-electron chi connectivity index (χ2n) is 8.77. The number of quaternary nitrogens is 1. The van der Waals surface area contributed by atoms with Crippen molar-refractivity contribution in [3.8, 4) is 0 Å². The van der Waals surface area contributed by atoms with E-state index in [-0.39, 0.29) is 11.9 Å². The molecule has 0 radical (unpaired) electrons. The molecule has 0 unspecified atom stereocenters. The Kier molecular flexibility index (Phi) is 4.70. The Morgan fingerprint density at radius 2 is 1.90 bits per heavy atom. The van der Waals surface area contributed by atoms with Crippen LogP contribution in [0.1, 0.15) is 30.0 Å². The highest BCUT2D eigenvalue weighted by Gasteiger charge is 2.50. The number of pyridine rings is 1. The third-order valence-corrected chi connectivity index (χ3v) is 6.84. The van der Waals surface area contributed by atoms with Gasteiger partial charge in [0.1, 0.15) is 31.7 Å². The van der Waals surface area contributed by atoms with Crippen LogP contribution in [-0.2, 0) is 23.2 Å². The molecule has 1 aromatic heterocycles. The number of carbonyl (C=O) groups is 2. The lowest BCUT2D eigenvalue weighted by Gasteiger charge is -2.30. The van der Waals surface area contributed by atoms with Crippen LogP contribution in [-0.4, -0.2) is 49.7 Å². The van der Waals surface area contributed by atoms with Crippen LogP contribution >= 0.6 is 0 Å². The van der Waals surface area contributed by atoms with Gasteiger partial charge in [-0.1, -0.05) is 24.3 Å². The molecule has 0 bridgehead atoms. The molecule has 30 heavy (non-hydrogen) atoms. The number of hydrogen-bond donors (Lipinski definition) is 2. The molecule has 2 fully saturated rings. The Hall–Kier alpha value is -2.93. The maximum Gasteiger partial charge on any atom is 0.329 e. The highest BCUT2D eigenvalue weighted by Crippen LogP contribution is 2.32. The number of benzene rings is 1. The summed E-state index contributed by atoms with van der Waals surface area (Å²) in [5, 5.41) is 2.97. The normalized spacial score (nSPS) is 24.3. The quantitative estimate of drug-likeness (QED) is 0.708. The Balaban J connectivity index is 1.26. The molecule has 3 aliphatic rings. The van der Waals surface area contributed by atoms with Crippen molar-refractivity contribution >= 4 is 17.8 Å². The Bertz CT molecular complexity index is 971. The van der Waals surface area contributed by atoms with Crippen molar-refractivity contribution < 1.29 is 19.5 Å². The van der Waals surface area contributed by atoms with Crippen LogP contribution in [0.5, 0.6) is 0 Å². The molecule has 0 spiro atoms. The maximum absolute atomic E-state index is 13.3. The molecule has 2 saturated heterocycles. The average molecular weight is 408 g/mol. The highest BCUT2D eigenvalue weighted by molar-refractivity contribution is 6.07. The Morgan fingerprint density at radius 1 is 1.10 bits per heavy atom. The summed E-state index contributed by atoms with van der Waals surface area (Å²) in [5.41, 5.74) is 2.60. The lowest BCUT2D eigenvalue weighted by Crippen LogP contribution is -3.16. The smallest absolute Gasteiger partial charge is 0.319 e. The zero-order valence-corrected chi connectivity index (χ0v) is 17.4. The lowest BCUT2D eigenvalue weighted by molar-refractivity contribution is -0.908. The summed E-state index contributed by atoms with van der Waals surface area (Å²) in [6.45, 7) is 5.80.